The average molecular weight is 303 g/mol. The summed E-state index contributed by atoms with van der Waals surface area (Å²) in [5.41, 5.74) is 0.286. The largest absolute Gasteiger partial charge is 0.418 e. The standard InChI is InChI=1S/C11H8F3N3O2S/c12-11(13,14)9-3-8(17(18)19)1-2-10(9)15-4-7-5-20-6-16-7/h1-3,5-6,15H,4H2. The Morgan fingerprint density at radius 3 is 2.70 bits per heavy atom. The van der Waals surface area contributed by atoms with Crippen LogP contribution in [0.3, 0.4) is 0 Å². The van der Waals surface area contributed by atoms with E-state index in [0.717, 1.165) is 12.1 Å². The molecule has 0 saturated carbocycles. The van der Waals surface area contributed by atoms with E-state index in [4.69, 9.17) is 0 Å². The number of nitro benzene ring substituents is 1. The van der Waals surface area contributed by atoms with Crippen molar-refractivity contribution in [2.75, 3.05) is 5.32 Å². The van der Waals surface area contributed by atoms with Gasteiger partial charge in [-0.25, -0.2) is 4.98 Å². The monoisotopic (exact) mass is 303 g/mol. The number of rotatable bonds is 4. The summed E-state index contributed by atoms with van der Waals surface area (Å²) in [6, 6.07) is 2.59. The number of nitrogens with one attached hydrogen (secondary N) is 1. The predicted octanol–water partition coefficient (Wildman–Crippen LogP) is 3.68. The van der Waals surface area contributed by atoms with Crippen LogP contribution >= 0.6 is 11.3 Å². The molecule has 9 heteroatoms. The lowest BCUT2D eigenvalue weighted by Gasteiger charge is -2.13. The third kappa shape index (κ3) is 3.23. The zero-order valence-corrected chi connectivity index (χ0v) is 10.7. The molecule has 1 aromatic carbocycles. The fourth-order valence-electron chi connectivity index (χ4n) is 1.55. The molecule has 1 aromatic heterocycles. The summed E-state index contributed by atoms with van der Waals surface area (Å²) in [6.07, 6.45) is -4.67. The van der Waals surface area contributed by atoms with Crippen LogP contribution in [0.1, 0.15) is 11.3 Å². The van der Waals surface area contributed by atoms with Crippen molar-refractivity contribution in [2.24, 2.45) is 0 Å². The molecule has 0 fully saturated rings. The fourth-order valence-corrected chi connectivity index (χ4v) is 2.10. The van der Waals surface area contributed by atoms with Gasteiger partial charge in [0.25, 0.3) is 5.69 Å². The zero-order chi connectivity index (χ0) is 14.8. The van der Waals surface area contributed by atoms with Gasteiger partial charge in [0.05, 0.1) is 28.2 Å². The lowest BCUT2D eigenvalue weighted by Crippen LogP contribution is -2.11. The SMILES string of the molecule is O=[N+]([O-])c1ccc(NCc2cscn2)c(C(F)(F)F)c1. The molecule has 0 radical (unpaired) electrons. The number of thiazole rings is 1. The van der Waals surface area contributed by atoms with Crippen molar-refractivity contribution in [2.45, 2.75) is 12.7 Å². The van der Waals surface area contributed by atoms with E-state index in [0.29, 0.717) is 11.8 Å². The number of halogens is 3. The van der Waals surface area contributed by atoms with Gasteiger partial charge in [0.1, 0.15) is 0 Å². The number of nitrogens with zero attached hydrogens (tertiary/aromatic N) is 2. The quantitative estimate of drug-likeness (QED) is 0.691. The molecule has 0 unspecified atom stereocenters. The summed E-state index contributed by atoms with van der Waals surface area (Å²) >= 11 is 1.33. The van der Waals surface area contributed by atoms with Gasteiger partial charge in [-0.05, 0) is 6.07 Å². The third-order valence-corrected chi connectivity index (χ3v) is 3.10. The van der Waals surface area contributed by atoms with E-state index in [9.17, 15) is 23.3 Å². The summed E-state index contributed by atoms with van der Waals surface area (Å²) < 4.78 is 38.6. The van der Waals surface area contributed by atoms with Crippen LogP contribution in [0.5, 0.6) is 0 Å². The maximum absolute atomic E-state index is 12.9. The molecule has 0 amide bonds. The lowest BCUT2D eigenvalue weighted by atomic mass is 10.1. The minimum atomic E-state index is -4.67. The molecule has 2 rings (SSSR count). The summed E-state index contributed by atoms with van der Waals surface area (Å²) in [5, 5.41) is 14.8. The van der Waals surface area contributed by atoms with Crippen LogP contribution < -0.4 is 5.32 Å². The van der Waals surface area contributed by atoms with Crippen molar-refractivity contribution in [1.82, 2.24) is 4.98 Å². The first kappa shape index (κ1) is 14.3. The molecule has 0 saturated heterocycles. The number of nitro groups is 1. The molecule has 2 aromatic rings. The number of aromatic nitrogens is 1. The van der Waals surface area contributed by atoms with Gasteiger partial charge in [-0.15, -0.1) is 11.3 Å². The fraction of sp³-hybridized carbons (Fsp3) is 0.182. The molecule has 0 aliphatic rings. The topological polar surface area (TPSA) is 68.1 Å². The average Bonchev–Trinajstić information content (AvgIpc) is 2.88. The van der Waals surface area contributed by atoms with Gasteiger partial charge in [0.15, 0.2) is 0 Å². The van der Waals surface area contributed by atoms with E-state index < -0.39 is 22.4 Å². The number of anilines is 1. The van der Waals surface area contributed by atoms with Gasteiger partial charge in [0, 0.05) is 23.2 Å². The first-order valence-corrected chi connectivity index (χ1v) is 6.29. The molecular weight excluding hydrogens is 295 g/mol. The van der Waals surface area contributed by atoms with Gasteiger partial charge in [-0.3, -0.25) is 10.1 Å². The van der Waals surface area contributed by atoms with Gasteiger partial charge < -0.3 is 5.32 Å². The second kappa shape index (κ2) is 5.45. The predicted molar refractivity (Wildman–Crippen MR) is 67.5 cm³/mol. The van der Waals surface area contributed by atoms with E-state index in [1.807, 2.05) is 0 Å². The van der Waals surface area contributed by atoms with Crippen LogP contribution in [0.4, 0.5) is 24.5 Å². The zero-order valence-electron chi connectivity index (χ0n) is 9.85. The second-order valence-corrected chi connectivity index (χ2v) is 4.54. The van der Waals surface area contributed by atoms with Crippen LogP contribution in [0.15, 0.2) is 29.1 Å². The maximum Gasteiger partial charge on any atom is 0.418 e. The van der Waals surface area contributed by atoms with Crippen LogP contribution in [0.2, 0.25) is 0 Å². The number of non-ortho nitro benzene ring substituents is 1. The molecule has 0 aliphatic carbocycles. The minimum absolute atomic E-state index is 0.115. The number of benzene rings is 1. The highest BCUT2D eigenvalue weighted by Crippen LogP contribution is 2.37. The summed E-state index contributed by atoms with van der Waals surface area (Å²) in [5.74, 6) is 0. The Hall–Kier alpha value is -2.16. The minimum Gasteiger partial charge on any atom is -0.379 e. The molecule has 1 N–H and O–H groups in total. The van der Waals surface area contributed by atoms with E-state index in [-0.39, 0.29) is 12.2 Å². The molecule has 106 valence electrons. The number of alkyl halides is 3. The van der Waals surface area contributed by atoms with Gasteiger partial charge in [-0.2, -0.15) is 13.2 Å². The van der Waals surface area contributed by atoms with Crippen molar-refractivity contribution >= 4 is 22.7 Å². The summed E-state index contributed by atoms with van der Waals surface area (Å²) in [4.78, 5) is 13.6. The molecule has 0 bridgehead atoms. The third-order valence-electron chi connectivity index (χ3n) is 2.46. The molecule has 0 atom stereocenters. The van der Waals surface area contributed by atoms with Crippen molar-refractivity contribution in [1.29, 1.82) is 0 Å². The Bertz CT molecular complexity index is 614. The van der Waals surface area contributed by atoms with Crippen molar-refractivity contribution < 1.29 is 18.1 Å². The Morgan fingerprint density at radius 2 is 2.15 bits per heavy atom. The van der Waals surface area contributed by atoms with Crippen molar-refractivity contribution in [3.05, 3.63) is 50.5 Å². The van der Waals surface area contributed by atoms with Crippen molar-refractivity contribution in [3.63, 3.8) is 0 Å². The molecular formula is C11H8F3N3O2S. The smallest absolute Gasteiger partial charge is 0.379 e. The molecule has 5 nitrogen and oxygen atoms in total. The highest BCUT2D eigenvalue weighted by molar-refractivity contribution is 7.07. The Kier molecular flexibility index (Phi) is 3.89. The lowest BCUT2D eigenvalue weighted by molar-refractivity contribution is -0.385. The van der Waals surface area contributed by atoms with Crippen LogP contribution in [-0.4, -0.2) is 9.91 Å². The number of hydrogen-bond donors (Lipinski definition) is 1. The normalized spacial score (nSPS) is 11.3. The van der Waals surface area contributed by atoms with E-state index in [1.54, 1.807) is 10.9 Å². The number of hydrogen-bond acceptors (Lipinski definition) is 5. The maximum atomic E-state index is 12.9. The molecule has 0 aliphatic heterocycles. The van der Waals surface area contributed by atoms with Crippen LogP contribution in [0, 0.1) is 10.1 Å². The van der Waals surface area contributed by atoms with Gasteiger partial charge >= 0.3 is 6.18 Å². The van der Waals surface area contributed by atoms with Crippen LogP contribution in [0.25, 0.3) is 0 Å². The molecule has 20 heavy (non-hydrogen) atoms. The van der Waals surface area contributed by atoms with E-state index >= 15 is 0 Å². The first-order valence-electron chi connectivity index (χ1n) is 5.34. The van der Waals surface area contributed by atoms with E-state index in [2.05, 4.69) is 10.3 Å². The summed E-state index contributed by atoms with van der Waals surface area (Å²) in [6.45, 7) is 0.115. The Labute approximate surface area is 115 Å². The van der Waals surface area contributed by atoms with Gasteiger partial charge in [0.2, 0.25) is 0 Å². The van der Waals surface area contributed by atoms with E-state index in [1.165, 1.54) is 11.3 Å². The van der Waals surface area contributed by atoms with Crippen LogP contribution in [-0.2, 0) is 12.7 Å². The Morgan fingerprint density at radius 1 is 1.40 bits per heavy atom. The highest BCUT2D eigenvalue weighted by Gasteiger charge is 2.35. The first-order chi connectivity index (χ1) is 9.38. The molecule has 1 heterocycles. The van der Waals surface area contributed by atoms with Gasteiger partial charge in [-0.1, -0.05) is 0 Å². The highest BCUT2D eigenvalue weighted by atomic mass is 32.1. The Balaban J connectivity index is 2.29. The summed E-state index contributed by atoms with van der Waals surface area (Å²) in [7, 11) is 0. The second-order valence-electron chi connectivity index (χ2n) is 3.82. The van der Waals surface area contributed by atoms with Crippen molar-refractivity contribution in [3.8, 4) is 0 Å². The molecule has 0 spiro atoms.